The molecular weight excluding hydrogens is 591 g/mol. The van der Waals surface area contributed by atoms with E-state index in [0.717, 1.165) is 68.0 Å². The van der Waals surface area contributed by atoms with Crippen molar-refractivity contribution in [1.82, 2.24) is 9.13 Å². The van der Waals surface area contributed by atoms with Gasteiger partial charge in [0.25, 0.3) is 0 Å². The molecule has 0 fully saturated rings. The molecule has 2 heterocycles. The Bertz CT molecular complexity index is 2500. The first-order valence-electron chi connectivity index (χ1n) is 14.8. The molecule has 2 nitrogen and oxygen atoms in total. The molecule has 0 aliphatic heterocycles. The van der Waals surface area contributed by atoms with Crippen molar-refractivity contribution in [2.75, 3.05) is 0 Å². The van der Waals surface area contributed by atoms with Crippen LogP contribution in [-0.2, 0) is 6.18 Å². The predicted molar refractivity (Wildman–Crippen MR) is 175 cm³/mol. The lowest BCUT2D eigenvalue weighted by Crippen LogP contribution is -2.13. The van der Waals surface area contributed by atoms with Gasteiger partial charge in [-0.3, -0.25) is 0 Å². The Morgan fingerprint density at radius 2 is 0.935 bits per heavy atom. The lowest BCUT2D eigenvalue weighted by Gasteiger charge is -2.22. The normalized spacial score (nSPS) is 12.2. The molecule has 0 spiro atoms. The minimum Gasteiger partial charge on any atom is -0.307 e. The van der Waals surface area contributed by atoms with Gasteiger partial charge in [-0.25, -0.2) is 8.78 Å². The highest BCUT2D eigenvalue weighted by Crippen LogP contribution is 2.45. The molecule has 226 valence electrons. The second kappa shape index (κ2) is 10.0. The molecule has 0 saturated carbocycles. The van der Waals surface area contributed by atoms with Crippen molar-refractivity contribution in [1.29, 1.82) is 0 Å². The Morgan fingerprint density at radius 1 is 0.478 bits per heavy atom. The summed E-state index contributed by atoms with van der Waals surface area (Å²) >= 11 is 0. The number of aryl methyl sites for hydroxylation is 2. The van der Waals surface area contributed by atoms with Crippen LogP contribution in [0.1, 0.15) is 16.7 Å². The standard InChI is InChI=1S/C39H25F5N2/c1-22-14-16-34-26(18-22)24-8-3-5-12-32(24)45(34)36-20-28(38-30(40)10-7-11-31(38)41)29(39(42,43)44)21-37(36)46-33-13-6-4-9-25(33)27-19-23(2)15-17-35(27)46/h3-21H,1-2H3. The minimum absolute atomic E-state index is 0.228. The summed E-state index contributed by atoms with van der Waals surface area (Å²) in [5.41, 5.74) is 3.10. The summed E-state index contributed by atoms with van der Waals surface area (Å²) in [4.78, 5) is 0. The largest absolute Gasteiger partial charge is 0.417 e. The maximum atomic E-state index is 15.3. The number of fused-ring (bicyclic) bond motifs is 6. The van der Waals surface area contributed by atoms with Crippen LogP contribution >= 0.6 is 0 Å². The highest BCUT2D eigenvalue weighted by Gasteiger charge is 2.37. The van der Waals surface area contributed by atoms with Gasteiger partial charge in [0.15, 0.2) is 0 Å². The number of halogens is 5. The number of hydrogen-bond acceptors (Lipinski definition) is 0. The fourth-order valence-corrected chi connectivity index (χ4v) is 6.82. The molecule has 8 rings (SSSR count). The van der Waals surface area contributed by atoms with Crippen LogP contribution in [0.5, 0.6) is 0 Å². The number of para-hydroxylation sites is 2. The molecule has 0 aliphatic carbocycles. The van der Waals surface area contributed by atoms with Crippen molar-refractivity contribution in [2.24, 2.45) is 0 Å². The number of hydrogen-bond donors (Lipinski definition) is 0. The highest BCUT2D eigenvalue weighted by atomic mass is 19.4. The fraction of sp³-hybridized carbons (Fsp3) is 0.0769. The summed E-state index contributed by atoms with van der Waals surface area (Å²) in [7, 11) is 0. The molecule has 0 aliphatic rings. The Balaban J connectivity index is 1.62. The second-order valence-corrected chi connectivity index (χ2v) is 11.7. The molecule has 0 unspecified atom stereocenters. The molecule has 0 amide bonds. The predicted octanol–water partition coefficient (Wildman–Crippen LogP) is 11.5. The highest BCUT2D eigenvalue weighted by molar-refractivity contribution is 6.12. The summed E-state index contributed by atoms with van der Waals surface area (Å²) < 4.78 is 79.6. The number of aromatic nitrogens is 2. The number of nitrogens with zero attached hydrogens (tertiary/aromatic N) is 2. The summed E-state index contributed by atoms with van der Waals surface area (Å²) in [6, 6.07) is 32.4. The Morgan fingerprint density at radius 3 is 1.43 bits per heavy atom. The summed E-state index contributed by atoms with van der Waals surface area (Å²) in [5, 5.41) is 3.58. The van der Waals surface area contributed by atoms with Crippen molar-refractivity contribution in [3.05, 3.63) is 144 Å². The Hall–Kier alpha value is -5.43. The van der Waals surface area contributed by atoms with E-state index in [-0.39, 0.29) is 5.69 Å². The molecule has 2 aromatic heterocycles. The summed E-state index contributed by atoms with van der Waals surface area (Å²) in [6.07, 6.45) is -4.93. The van der Waals surface area contributed by atoms with Gasteiger partial charge in [0.2, 0.25) is 0 Å². The van der Waals surface area contributed by atoms with Gasteiger partial charge in [-0.2, -0.15) is 13.2 Å². The van der Waals surface area contributed by atoms with Gasteiger partial charge < -0.3 is 9.13 Å². The van der Waals surface area contributed by atoms with E-state index in [2.05, 4.69) is 0 Å². The van der Waals surface area contributed by atoms with Gasteiger partial charge in [0.1, 0.15) is 11.6 Å². The molecular formula is C39H25F5N2. The van der Waals surface area contributed by atoms with Crippen LogP contribution in [0.2, 0.25) is 0 Å². The average Bonchev–Trinajstić information content (AvgIpc) is 3.52. The van der Waals surface area contributed by atoms with E-state index in [9.17, 15) is 0 Å². The van der Waals surface area contributed by atoms with Crippen molar-refractivity contribution in [3.63, 3.8) is 0 Å². The van der Waals surface area contributed by atoms with Gasteiger partial charge in [0.05, 0.1) is 44.6 Å². The van der Waals surface area contributed by atoms with Crippen LogP contribution in [0, 0.1) is 25.5 Å². The molecule has 0 radical (unpaired) electrons. The monoisotopic (exact) mass is 616 g/mol. The van der Waals surface area contributed by atoms with Gasteiger partial charge in [-0.05, 0) is 74.5 Å². The van der Waals surface area contributed by atoms with Crippen LogP contribution in [0.4, 0.5) is 22.0 Å². The molecule has 7 heteroatoms. The van der Waals surface area contributed by atoms with Crippen molar-refractivity contribution < 1.29 is 22.0 Å². The molecule has 46 heavy (non-hydrogen) atoms. The topological polar surface area (TPSA) is 9.86 Å². The van der Waals surface area contributed by atoms with Crippen LogP contribution in [-0.4, -0.2) is 9.13 Å². The van der Waals surface area contributed by atoms with Gasteiger partial charge in [-0.15, -0.1) is 0 Å². The molecule has 0 atom stereocenters. The Labute approximate surface area is 260 Å². The summed E-state index contributed by atoms with van der Waals surface area (Å²) in [6.45, 7) is 3.95. The van der Waals surface area contributed by atoms with E-state index >= 15 is 22.0 Å². The lowest BCUT2D eigenvalue weighted by atomic mass is 9.96. The maximum Gasteiger partial charge on any atom is 0.417 e. The van der Waals surface area contributed by atoms with Gasteiger partial charge >= 0.3 is 6.18 Å². The number of rotatable bonds is 3. The maximum absolute atomic E-state index is 15.3. The number of alkyl halides is 3. The van der Waals surface area contributed by atoms with E-state index in [1.807, 2.05) is 108 Å². The zero-order valence-corrected chi connectivity index (χ0v) is 24.8. The van der Waals surface area contributed by atoms with E-state index in [0.29, 0.717) is 16.7 Å². The average molecular weight is 617 g/mol. The van der Waals surface area contributed by atoms with Crippen molar-refractivity contribution in [2.45, 2.75) is 20.0 Å². The fourth-order valence-electron chi connectivity index (χ4n) is 6.82. The first kappa shape index (κ1) is 28.1. The zero-order valence-electron chi connectivity index (χ0n) is 24.8. The van der Waals surface area contributed by atoms with Crippen LogP contribution < -0.4 is 0 Å². The molecule has 0 saturated heterocycles. The Kier molecular flexibility index (Phi) is 6.13. The third-order valence-corrected chi connectivity index (χ3v) is 8.79. The van der Waals surface area contributed by atoms with Crippen molar-refractivity contribution in [3.8, 4) is 22.5 Å². The van der Waals surface area contributed by atoms with E-state index in [4.69, 9.17) is 0 Å². The second-order valence-electron chi connectivity index (χ2n) is 11.7. The molecule has 8 aromatic rings. The minimum atomic E-state index is -4.93. The van der Waals surface area contributed by atoms with E-state index < -0.39 is 34.5 Å². The smallest absolute Gasteiger partial charge is 0.307 e. The molecule has 0 N–H and O–H groups in total. The van der Waals surface area contributed by atoms with E-state index in [1.165, 1.54) is 6.07 Å². The van der Waals surface area contributed by atoms with Gasteiger partial charge in [0, 0.05) is 27.1 Å². The van der Waals surface area contributed by atoms with Crippen LogP contribution in [0.15, 0.2) is 115 Å². The van der Waals surface area contributed by atoms with E-state index in [1.54, 1.807) is 0 Å². The first-order chi connectivity index (χ1) is 22.1. The molecule has 6 aromatic carbocycles. The third kappa shape index (κ3) is 4.15. The van der Waals surface area contributed by atoms with Gasteiger partial charge in [-0.1, -0.05) is 65.7 Å². The first-order valence-corrected chi connectivity index (χ1v) is 14.8. The lowest BCUT2D eigenvalue weighted by molar-refractivity contribution is -0.137. The zero-order chi connectivity index (χ0) is 31.9. The molecule has 0 bridgehead atoms. The summed E-state index contributed by atoms with van der Waals surface area (Å²) in [5.74, 6) is -2.15. The SMILES string of the molecule is Cc1ccc2c(c1)c1ccccc1n2-c1cc(-c2c(F)cccc2F)c(C(F)(F)F)cc1-n1c2ccccc2c2cc(C)ccc21. The van der Waals surface area contributed by atoms with Crippen molar-refractivity contribution >= 4 is 43.6 Å². The quantitative estimate of drug-likeness (QED) is 0.175. The van der Waals surface area contributed by atoms with Crippen LogP contribution in [0.25, 0.3) is 66.1 Å². The number of benzene rings is 6. The van der Waals surface area contributed by atoms with Crippen LogP contribution in [0.3, 0.4) is 0 Å². The third-order valence-electron chi connectivity index (χ3n) is 8.79.